The predicted octanol–water partition coefficient (Wildman–Crippen LogP) is 2.26. The molecule has 0 saturated heterocycles. The highest BCUT2D eigenvalue weighted by molar-refractivity contribution is 5.54. The van der Waals surface area contributed by atoms with Gasteiger partial charge in [-0.25, -0.2) is 0 Å². The molecule has 0 aliphatic rings. The van der Waals surface area contributed by atoms with Crippen molar-refractivity contribution < 1.29 is 27.9 Å². The lowest BCUT2D eigenvalue weighted by Gasteiger charge is -2.16. The summed E-state index contributed by atoms with van der Waals surface area (Å²) in [5.41, 5.74) is 4.42. The Hall–Kier alpha value is -2.03. The van der Waals surface area contributed by atoms with Crippen molar-refractivity contribution in [1.29, 1.82) is 0 Å². The number of phenols is 1. The third kappa shape index (κ3) is 3.71. The van der Waals surface area contributed by atoms with Gasteiger partial charge in [0.1, 0.15) is 0 Å². The molecule has 0 amide bonds. The number of phenolic OH excluding ortho intramolecular Hbond substituents is 1. The zero-order chi connectivity index (χ0) is 14.8. The molecule has 0 fully saturated rings. The Balaban J connectivity index is 3.25. The average molecular weight is 280 g/mol. The number of nitro benzene ring substituents is 1. The first-order chi connectivity index (χ1) is 8.65. The van der Waals surface area contributed by atoms with E-state index in [-0.39, 0.29) is 11.3 Å². The molecule has 0 aliphatic carbocycles. The quantitative estimate of drug-likeness (QED) is 0.651. The van der Waals surface area contributed by atoms with Crippen molar-refractivity contribution in [3.05, 3.63) is 27.8 Å². The predicted molar refractivity (Wildman–Crippen MR) is 58.9 cm³/mol. The van der Waals surface area contributed by atoms with Gasteiger partial charge in [-0.3, -0.25) is 10.1 Å². The number of nitro groups is 1. The lowest BCUT2D eigenvalue weighted by atomic mass is 10.0. The number of non-ortho nitro benzene ring substituents is 1. The first-order valence-corrected chi connectivity index (χ1v) is 5.03. The van der Waals surface area contributed by atoms with Crippen LogP contribution in [0.2, 0.25) is 0 Å². The van der Waals surface area contributed by atoms with E-state index in [1.807, 2.05) is 0 Å². The molecule has 1 atom stereocenters. The van der Waals surface area contributed by atoms with E-state index < -0.39 is 35.0 Å². The van der Waals surface area contributed by atoms with Gasteiger partial charge in [0.15, 0.2) is 11.5 Å². The Morgan fingerprint density at radius 3 is 2.53 bits per heavy atom. The molecule has 3 N–H and O–H groups in total. The summed E-state index contributed by atoms with van der Waals surface area (Å²) in [6.07, 6.45) is -5.96. The fourth-order valence-corrected chi connectivity index (χ4v) is 1.52. The van der Waals surface area contributed by atoms with Gasteiger partial charge in [-0.05, 0) is 0 Å². The molecule has 9 heteroatoms. The van der Waals surface area contributed by atoms with Gasteiger partial charge in [-0.15, -0.1) is 0 Å². The van der Waals surface area contributed by atoms with Crippen LogP contribution in [0.1, 0.15) is 18.0 Å². The summed E-state index contributed by atoms with van der Waals surface area (Å²) < 4.78 is 41.4. The van der Waals surface area contributed by atoms with Gasteiger partial charge in [-0.1, -0.05) is 0 Å². The van der Waals surface area contributed by atoms with Gasteiger partial charge in [0.25, 0.3) is 5.69 Å². The van der Waals surface area contributed by atoms with Crippen molar-refractivity contribution >= 4 is 5.69 Å². The van der Waals surface area contributed by atoms with Crippen molar-refractivity contribution in [3.63, 3.8) is 0 Å². The van der Waals surface area contributed by atoms with E-state index in [9.17, 15) is 28.4 Å². The molecule has 0 bridgehead atoms. The van der Waals surface area contributed by atoms with Crippen LogP contribution in [0.25, 0.3) is 0 Å². The average Bonchev–Trinajstić information content (AvgIpc) is 2.26. The van der Waals surface area contributed by atoms with Crippen molar-refractivity contribution in [1.82, 2.24) is 0 Å². The second kappa shape index (κ2) is 5.31. The van der Waals surface area contributed by atoms with Crippen LogP contribution >= 0.6 is 0 Å². The van der Waals surface area contributed by atoms with Gasteiger partial charge in [0, 0.05) is 17.7 Å². The minimum Gasteiger partial charge on any atom is -0.504 e. The fraction of sp³-hybridized carbons (Fsp3) is 0.400. The summed E-state index contributed by atoms with van der Waals surface area (Å²) in [5.74, 6) is -0.938. The first kappa shape index (κ1) is 15.0. The topological polar surface area (TPSA) is 98.6 Å². The molecule has 0 heterocycles. The largest absolute Gasteiger partial charge is 0.504 e. The van der Waals surface area contributed by atoms with Gasteiger partial charge < -0.3 is 15.6 Å². The molecule has 1 rings (SSSR count). The number of halogens is 3. The van der Waals surface area contributed by atoms with E-state index in [4.69, 9.17) is 5.73 Å². The van der Waals surface area contributed by atoms with E-state index in [0.717, 1.165) is 19.2 Å². The number of nitrogens with zero attached hydrogens (tertiary/aromatic N) is 1. The van der Waals surface area contributed by atoms with Crippen molar-refractivity contribution in [2.75, 3.05) is 7.11 Å². The zero-order valence-electron chi connectivity index (χ0n) is 9.77. The molecule has 0 saturated carbocycles. The number of aromatic hydroxyl groups is 1. The summed E-state index contributed by atoms with van der Waals surface area (Å²) in [6.45, 7) is 0. The normalized spacial score (nSPS) is 13.1. The van der Waals surface area contributed by atoms with Gasteiger partial charge >= 0.3 is 6.18 Å². The molecule has 0 spiro atoms. The Morgan fingerprint density at radius 2 is 2.11 bits per heavy atom. The second-order valence-corrected chi connectivity index (χ2v) is 3.77. The van der Waals surface area contributed by atoms with Crippen LogP contribution in [0, 0.1) is 10.1 Å². The summed E-state index contributed by atoms with van der Waals surface area (Å²) >= 11 is 0. The number of benzene rings is 1. The van der Waals surface area contributed by atoms with Crippen LogP contribution in [0.4, 0.5) is 18.9 Å². The summed E-state index contributed by atoms with van der Waals surface area (Å²) in [5, 5.41) is 20.3. The van der Waals surface area contributed by atoms with E-state index in [2.05, 4.69) is 4.74 Å². The molecule has 6 nitrogen and oxygen atoms in total. The molecule has 0 radical (unpaired) electrons. The first-order valence-electron chi connectivity index (χ1n) is 5.03. The van der Waals surface area contributed by atoms with Crippen molar-refractivity contribution in [2.45, 2.75) is 18.6 Å². The Kier molecular flexibility index (Phi) is 4.20. The highest BCUT2D eigenvalue weighted by atomic mass is 19.4. The van der Waals surface area contributed by atoms with E-state index in [0.29, 0.717) is 0 Å². The van der Waals surface area contributed by atoms with Gasteiger partial charge in [-0.2, -0.15) is 13.2 Å². The summed E-state index contributed by atoms with van der Waals surface area (Å²) in [6, 6.07) is 0.0849. The molecular formula is C10H11F3N2O4. The number of alkyl halides is 3. The number of nitrogens with two attached hydrogens (primary N) is 1. The Morgan fingerprint density at radius 1 is 1.53 bits per heavy atom. The van der Waals surface area contributed by atoms with Crippen LogP contribution in [-0.4, -0.2) is 23.3 Å². The lowest BCUT2D eigenvalue weighted by Crippen LogP contribution is -2.20. The zero-order valence-corrected chi connectivity index (χ0v) is 9.77. The SMILES string of the molecule is COc1cc([N+](=O)[O-])cc([C@@H](N)CC(F)(F)F)c1O. The van der Waals surface area contributed by atoms with E-state index in [1.54, 1.807) is 0 Å². The van der Waals surface area contributed by atoms with E-state index >= 15 is 0 Å². The molecule has 0 aromatic heterocycles. The monoisotopic (exact) mass is 280 g/mol. The highest BCUT2D eigenvalue weighted by Crippen LogP contribution is 2.40. The van der Waals surface area contributed by atoms with Crippen molar-refractivity contribution in [3.8, 4) is 11.5 Å². The standard InChI is InChI=1S/C10H11F3N2O4/c1-19-8-3-5(15(17)18)2-6(9(8)16)7(14)4-10(11,12)13/h2-3,7,16H,4,14H2,1H3/t7-/m0/s1. The fourth-order valence-electron chi connectivity index (χ4n) is 1.52. The van der Waals surface area contributed by atoms with Gasteiger partial charge in [0.05, 0.1) is 24.5 Å². The minimum absolute atomic E-state index is 0.304. The molecule has 1 aromatic rings. The molecule has 1 aromatic carbocycles. The minimum atomic E-state index is -4.55. The number of hydrogen-bond donors (Lipinski definition) is 2. The highest BCUT2D eigenvalue weighted by Gasteiger charge is 2.33. The Labute approximate surface area is 105 Å². The third-order valence-electron chi connectivity index (χ3n) is 2.37. The summed E-state index contributed by atoms with van der Waals surface area (Å²) in [7, 11) is 1.12. The maximum atomic E-state index is 12.2. The maximum absolute atomic E-state index is 12.2. The van der Waals surface area contributed by atoms with Crippen LogP contribution < -0.4 is 10.5 Å². The van der Waals surface area contributed by atoms with Crippen LogP contribution in [-0.2, 0) is 0 Å². The molecule has 106 valence electrons. The molecular weight excluding hydrogens is 269 g/mol. The number of hydrogen-bond acceptors (Lipinski definition) is 5. The van der Waals surface area contributed by atoms with Crippen LogP contribution in [0.15, 0.2) is 12.1 Å². The number of rotatable bonds is 4. The van der Waals surface area contributed by atoms with Crippen molar-refractivity contribution in [2.24, 2.45) is 5.73 Å². The molecule has 0 unspecified atom stereocenters. The smallest absolute Gasteiger partial charge is 0.390 e. The molecule has 19 heavy (non-hydrogen) atoms. The Bertz CT molecular complexity index is 490. The number of ether oxygens (including phenoxy) is 1. The maximum Gasteiger partial charge on any atom is 0.390 e. The second-order valence-electron chi connectivity index (χ2n) is 3.77. The summed E-state index contributed by atoms with van der Waals surface area (Å²) in [4.78, 5) is 9.83. The lowest BCUT2D eigenvalue weighted by molar-refractivity contribution is -0.385. The van der Waals surface area contributed by atoms with Gasteiger partial charge in [0.2, 0.25) is 0 Å². The molecule has 0 aliphatic heterocycles. The van der Waals surface area contributed by atoms with Crippen LogP contribution in [0.3, 0.4) is 0 Å². The van der Waals surface area contributed by atoms with Crippen LogP contribution in [0.5, 0.6) is 11.5 Å². The number of methoxy groups -OCH3 is 1. The third-order valence-corrected chi connectivity index (χ3v) is 2.37. The van der Waals surface area contributed by atoms with E-state index in [1.165, 1.54) is 0 Å².